The second-order valence-corrected chi connectivity index (χ2v) is 7.32. The molecule has 0 bridgehead atoms. The zero-order valence-corrected chi connectivity index (χ0v) is 15.6. The van der Waals surface area contributed by atoms with Gasteiger partial charge in [-0.3, -0.25) is 4.79 Å². The largest absolute Gasteiger partial charge is 0.478 e. The van der Waals surface area contributed by atoms with E-state index in [0.29, 0.717) is 30.7 Å². The Morgan fingerprint density at radius 2 is 2.19 bits per heavy atom. The number of carbonyl (C=O) groups excluding carboxylic acids is 1. The van der Waals surface area contributed by atoms with Crippen LogP contribution < -0.4 is 5.32 Å². The number of amides is 1. The van der Waals surface area contributed by atoms with Gasteiger partial charge in [-0.1, -0.05) is 13.8 Å². The number of hydrogen-bond acceptors (Lipinski definition) is 5. The lowest BCUT2D eigenvalue weighted by Gasteiger charge is -2.38. The molecule has 0 aliphatic carbocycles. The highest BCUT2D eigenvalue weighted by molar-refractivity contribution is 6.03. The lowest BCUT2D eigenvalue weighted by Crippen LogP contribution is -2.57. The van der Waals surface area contributed by atoms with Gasteiger partial charge < -0.3 is 20.3 Å². The van der Waals surface area contributed by atoms with E-state index < -0.39 is 12.0 Å². The molecule has 1 fully saturated rings. The number of nitrogens with one attached hydrogen (secondary N) is 2. The number of hydrogen-bond donors (Lipinski definition) is 3. The van der Waals surface area contributed by atoms with Crippen LogP contribution in [0.15, 0.2) is 12.4 Å². The Bertz CT molecular complexity index is 921. The standard InChI is InChI=1S/C19H23N5O3/c1-10(2)16(18(25)24-8-12(4-20)9-24)21-6-13-11(3)5-22-17-15(13)14(7-23-17)19(26)27/h5,7,10,12,16,21H,6,8-9H2,1-3H3,(H,22,23)(H,26,27)/t16-/m1/s1. The first-order chi connectivity index (χ1) is 12.8. The Kier molecular flexibility index (Phi) is 5.15. The number of carboxylic acid groups (broad SMARTS) is 1. The monoisotopic (exact) mass is 369 g/mol. The summed E-state index contributed by atoms with van der Waals surface area (Å²) < 4.78 is 0. The van der Waals surface area contributed by atoms with E-state index in [0.717, 1.165) is 11.1 Å². The molecule has 0 saturated carbocycles. The SMILES string of the molecule is Cc1cnc2[nH]cc(C(=O)O)c2c1CN[C@@H](C(=O)N1CC(C#N)C1)C(C)C. The fraction of sp³-hybridized carbons (Fsp3) is 0.474. The Balaban J connectivity index is 1.83. The summed E-state index contributed by atoms with van der Waals surface area (Å²) in [5, 5.41) is 22.2. The van der Waals surface area contributed by atoms with E-state index in [1.165, 1.54) is 6.20 Å². The van der Waals surface area contributed by atoms with Crippen LogP contribution in [0.4, 0.5) is 0 Å². The molecule has 142 valence electrons. The molecule has 0 radical (unpaired) electrons. The van der Waals surface area contributed by atoms with Crippen molar-refractivity contribution >= 4 is 22.9 Å². The first-order valence-corrected chi connectivity index (χ1v) is 8.94. The highest BCUT2D eigenvalue weighted by Crippen LogP contribution is 2.25. The predicted octanol–water partition coefficient (Wildman–Crippen LogP) is 1.67. The molecule has 1 aliphatic rings. The number of fused-ring (bicyclic) bond motifs is 1. The number of aromatic amines is 1. The van der Waals surface area contributed by atoms with Gasteiger partial charge in [0.25, 0.3) is 0 Å². The summed E-state index contributed by atoms with van der Waals surface area (Å²) in [6.45, 7) is 7.10. The zero-order valence-electron chi connectivity index (χ0n) is 15.6. The first kappa shape index (κ1) is 18.9. The second kappa shape index (κ2) is 7.37. The molecule has 3 rings (SSSR count). The minimum atomic E-state index is -1.02. The van der Waals surface area contributed by atoms with E-state index in [9.17, 15) is 14.7 Å². The summed E-state index contributed by atoms with van der Waals surface area (Å²) in [5.74, 6) is -1.07. The van der Waals surface area contributed by atoms with Crippen LogP contribution >= 0.6 is 0 Å². The Hall–Kier alpha value is -2.92. The van der Waals surface area contributed by atoms with Crippen LogP contribution in [-0.4, -0.2) is 51.0 Å². The highest BCUT2D eigenvalue weighted by atomic mass is 16.4. The van der Waals surface area contributed by atoms with Crippen LogP contribution in [0.3, 0.4) is 0 Å². The summed E-state index contributed by atoms with van der Waals surface area (Å²) >= 11 is 0. The predicted molar refractivity (Wildman–Crippen MR) is 98.9 cm³/mol. The molecule has 0 unspecified atom stereocenters. The number of carboxylic acids is 1. The van der Waals surface area contributed by atoms with Gasteiger partial charge in [0.2, 0.25) is 5.91 Å². The van der Waals surface area contributed by atoms with Crippen LogP contribution in [0.2, 0.25) is 0 Å². The number of nitrogens with zero attached hydrogens (tertiary/aromatic N) is 3. The van der Waals surface area contributed by atoms with E-state index in [1.54, 1.807) is 11.1 Å². The Morgan fingerprint density at radius 3 is 2.78 bits per heavy atom. The molecule has 1 aliphatic heterocycles. The molecule has 1 amide bonds. The molecule has 27 heavy (non-hydrogen) atoms. The van der Waals surface area contributed by atoms with Crippen molar-refractivity contribution in [2.75, 3.05) is 13.1 Å². The average molecular weight is 369 g/mol. The van der Waals surface area contributed by atoms with Crippen molar-refractivity contribution in [3.8, 4) is 6.07 Å². The van der Waals surface area contributed by atoms with E-state index in [-0.39, 0.29) is 23.3 Å². The van der Waals surface area contributed by atoms with Crippen LogP contribution in [0.1, 0.15) is 35.3 Å². The number of nitriles is 1. The van der Waals surface area contributed by atoms with Gasteiger partial charge in [-0.15, -0.1) is 0 Å². The van der Waals surface area contributed by atoms with Gasteiger partial charge in [-0.25, -0.2) is 9.78 Å². The van der Waals surface area contributed by atoms with Crippen molar-refractivity contribution in [1.82, 2.24) is 20.2 Å². The lowest BCUT2D eigenvalue weighted by molar-refractivity contribution is -0.139. The number of pyridine rings is 1. The molecule has 8 nitrogen and oxygen atoms in total. The van der Waals surface area contributed by atoms with Crippen LogP contribution in [0.5, 0.6) is 0 Å². The van der Waals surface area contributed by atoms with Crippen molar-refractivity contribution in [3.05, 3.63) is 29.1 Å². The normalized spacial score (nSPS) is 15.6. The number of rotatable bonds is 6. The topological polar surface area (TPSA) is 122 Å². The third-order valence-corrected chi connectivity index (χ3v) is 5.06. The van der Waals surface area contributed by atoms with Gasteiger partial charge in [0, 0.05) is 37.4 Å². The van der Waals surface area contributed by atoms with E-state index in [2.05, 4.69) is 21.4 Å². The molecule has 3 N–H and O–H groups in total. The molecular formula is C19H23N5O3. The second-order valence-electron chi connectivity index (χ2n) is 7.32. The van der Waals surface area contributed by atoms with Crippen LogP contribution in [-0.2, 0) is 11.3 Å². The van der Waals surface area contributed by atoms with Gasteiger partial charge in [0.15, 0.2) is 0 Å². The maximum Gasteiger partial charge on any atom is 0.337 e. The molecule has 3 heterocycles. The molecule has 1 saturated heterocycles. The number of H-pyrrole nitrogens is 1. The number of likely N-dealkylation sites (tertiary alicyclic amines) is 1. The van der Waals surface area contributed by atoms with Crippen molar-refractivity contribution in [2.45, 2.75) is 33.4 Å². The number of aromatic carboxylic acids is 1. The van der Waals surface area contributed by atoms with Gasteiger partial charge >= 0.3 is 5.97 Å². The van der Waals surface area contributed by atoms with Gasteiger partial charge in [0.1, 0.15) is 5.65 Å². The molecule has 0 aromatic carbocycles. The summed E-state index contributed by atoms with van der Waals surface area (Å²) in [4.78, 5) is 33.1. The Labute approximate surface area is 157 Å². The highest BCUT2D eigenvalue weighted by Gasteiger charge is 2.35. The number of aryl methyl sites for hydroxylation is 1. The lowest BCUT2D eigenvalue weighted by atomic mass is 9.96. The third kappa shape index (κ3) is 3.51. The summed E-state index contributed by atoms with van der Waals surface area (Å²) in [7, 11) is 0. The maximum absolute atomic E-state index is 12.8. The van der Waals surface area contributed by atoms with Crippen LogP contribution in [0.25, 0.3) is 11.0 Å². The number of carbonyl (C=O) groups is 2. The summed E-state index contributed by atoms with van der Waals surface area (Å²) in [6, 6.07) is 1.77. The summed E-state index contributed by atoms with van der Waals surface area (Å²) in [6.07, 6.45) is 3.14. The molecule has 8 heteroatoms. The minimum Gasteiger partial charge on any atom is -0.478 e. The molecule has 1 atom stereocenters. The first-order valence-electron chi connectivity index (χ1n) is 8.94. The van der Waals surface area contributed by atoms with E-state index >= 15 is 0 Å². The van der Waals surface area contributed by atoms with Gasteiger partial charge in [-0.05, 0) is 24.0 Å². The Morgan fingerprint density at radius 1 is 1.48 bits per heavy atom. The fourth-order valence-corrected chi connectivity index (χ4v) is 3.41. The quantitative estimate of drug-likeness (QED) is 0.712. The average Bonchev–Trinajstić information content (AvgIpc) is 3.00. The van der Waals surface area contributed by atoms with E-state index in [1.807, 2.05) is 20.8 Å². The summed E-state index contributed by atoms with van der Waals surface area (Å²) in [5.41, 5.74) is 2.36. The molecule has 2 aromatic heterocycles. The molecular weight excluding hydrogens is 346 g/mol. The van der Waals surface area contributed by atoms with Crippen LogP contribution in [0, 0.1) is 30.1 Å². The van der Waals surface area contributed by atoms with Gasteiger partial charge in [-0.2, -0.15) is 5.26 Å². The smallest absolute Gasteiger partial charge is 0.337 e. The number of aromatic nitrogens is 2. The van der Waals surface area contributed by atoms with E-state index in [4.69, 9.17) is 5.26 Å². The minimum absolute atomic E-state index is 0.0213. The maximum atomic E-state index is 12.8. The van der Waals surface area contributed by atoms with Gasteiger partial charge in [0.05, 0.1) is 23.6 Å². The van der Waals surface area contributed by atoms with Crippen molar-refractivity contribution in [1.29, 1.82) is 5.26 Å². The van der Waals surface area contributed by atoms with Crippen molar-refractivity contribution in [2.24, 2.45) is 11.8 Å². The van der Waals surface area contributed by atoms with Crippen molar-refractivity contribution < 1.29 is 14.7 Å². The van der Waals surface area contributed by atoms with Crippen molar-refractivity contribution in [3.63, 3.8) is 0 Å². The fourth-order valence-electron chi connectivity index (χ4n) is 3.41. The molecule has 2 aromatic rings. The zero-order chi connectivity index (χ0) is 19.7. The molecule has 0 spiro atoms. The third-order valence-electron chi connectivity index (χ3n) is 5.06.